The number of methoxy groups -OCH3 is 1. The molecule has 1 saturated heterocycles. The van der Waals surface area contributed by atoms with Gasteiger partial charge in [0.2, 0.25) is 0 Å². The number of hydrogen-bond acceptors (Lipinski definition) is 3. The Morgan fingerprint density at radius 3 is 2.33 bits per heavy atom. The van der Waals surface area contributed by atoms with E-state index in [4.69, 9.17) is 4.74 Å². The standard InChI is InChI=1S/C24H38N2O/c1-7-10-25-11-13-26(14-12-25)22-15-20(27-6)8-9-21(22)19-16-23(2,3)18-24(4,5)17-19/h8-9,15-16H,7,10-14,17-18H2,1-6H3. The monoisotopic (exact) mass is 370 g/mol. The fourth-order valence-electron chi connectivity index (χ4n) is 5.26. The van der Waals surface area contributed by atoms with Crippen molar-refractivity contribution in [3.8, 4) is 5.75 Å². The fraction of sp³-hybridized carbons (Fsp3) is 0.667. The van der Waals surface area contributed by atoms with Gasteiger partial charge in [-0.1, -0.05) is 40.7 Å². The summed E-state index contributed by atoms with van der Waals surface area (Å²) in [5, 5.41) is 0. The molecule has 150 valence electrons. The molecule has 1 aromatic rings. The zero-order chi connectivity index (χ0) is 19.7. The minimum absolute atomic E-state index is 0.244. The maximum absolute atomic E-state index is 5.57. The minimum Gasteiger partial charge on any atom is -0.497 e. The van der Waals surface area contributed by atoms with Gasteiger partial charge in [0.1, 0.15) is 5.75 Å². The van der Waals surface area contributed by atoms with Crippen molar-refractivity contribution in [1.29, 1.82) is 0 Å². The van der Waals surface area contributed by atoms with E-state index in [1.807, 2.05) is 0 Å². The molecule has 1 aromatic carbocycles. The number of benzene rings is 1. The number of piperazine rings is 1. The largest absolute Gasteiger partial charge is 0.497 e. The number of anilines is 1. The average Bonchev–Trinajstić information content (AvgIpc) is 2.59. The molecular weight excluding hydrogens is 332 g/mol. The summed E-state index contributed by atoms with van der Waals surface area (Å²) in [6.07, 6.45) is 6.15. The molecule has 1 aliphatic heterocycles. The van der Waals surface area contributed by atoms with Gasteiger partial charge in [-0.15, -0.1) is 0 Å². The Balaban J connectivity index is 1.94. The molecule has 0 bridgehead atoms. The predicted octanol–water partition coefficient (Wildman–Crippen LogP) is 5.46. The van der Waals surface area contributed by atoms with Crippen molar-refractivity contribution in [3.63, 3.8) is 0 Å². The molecular formula is C24H38N2O. The van der Waals surface area contributed by atoms with E-state index in [0.717, 1.165) is 38.3 Å². The van der Waals surface area contributed by atoms with Crippen LogP contribution in [-0.4, -0.2) is 44.7 Å². The summed E-state index contributed by atoms with van der Waals surface area (Å²) in [4.78, 5) is 5.15. The molecule has 1 heterocycles. The smallest absolute Gasteiger partial charge is 0.120 e. The van der Waals surface area contributed by atoms with Crippen LogP contribution in [0.2, 0.25) is 0 Å². The highest BCUT2D eigenvalue weighted by atomic mass is 16.5. The highest BCUT2D eigenvalue weighted by Crippen LogP contribution is 2.49. The second kappa shape index (κ2) is 7.87. The number of rotatable bonds is 5. The number of hydrogen-bond donors (Lipinski definition) is 0. The van der Waals surface area contributed by atoms with Crippen LogP contribution in [0, 0.1) is 10.8 Å². The molecule has 3 rings (SSSR count). The van der Waals surface area contributed by atoms with Crippen molar-refractivity contribution in [2.45, 2.75) is 53.9 Å². The first-order chi connectivity index (χ1) is 12.7. The van der Waals surface area contributed by atoms with Gasteiger partial charge in [-0.2, -0.15) is 0 Å². The third-order valence-electron chi connectivity index (χ3n) is 5.97. The van der Waals surface area contributed by atoms with Crippen LogP contribution in [0.15, 0.2) is 24.3 Å². The molecule has 0 atom stereocenters. The average molecular weight is 371 g/mol. The summed E-state index contributed by atoms with van der Waals surface area (Å²) in [6.45, 7) is 17.6. The third-order valence-corrected chi connectivity index (χ3v) is 5.97. The van der Waals surface area contributed by atoms with Crippen molar-refractivity contribution >= 4 is 11.3 Å². The molecule has 0 saturated carbocycles. The van der Waals surface area contributed by atoms with Gasteiger partial charge in [-0.25, -0.2) is 0 Å². The second-order valence-electron chi connectivity index (χ2n) is 9.89. The van der Waals surface area contributed by atoms with Gasteiger partial charge in [0, 0.05) is 43.5 Å². The van der Waals surface area contributed by atoms with Crippen molar-refractivity contribution in [2.24, 2.45) is 10.8 Å². The van der Waals surface area contributed by atoms with Crippen molar-refractivity contribution in [1.82, 2.24) is 4.90 Å². The summed E-state index contributed by atoms with van der Waals surface area (Å²) < 4.78 is 5.57. The minimum atomic E-state index is 0.244. The number of allylic oxidation sites excluding steroid dienone is 2. The van der Waals surface area contributed by atoms with Crippen LogP contribution < -0.4 is 9.64 Å². The van der Waals surface area contributed by atoms with Crippen molar-refractivity contribution in [2.75, 3.05) is 44.7 Å². The van der Waals surface area contributed by atoms with Crippen LogP contribution in [0.4, 0.5) is 5.69 Å². The molecule has 2 aliphatic rings. The summed E-state index contributed by atoms with van der Waals surface area (Å²) in [5.74, 6) is 0.958. The van der Waals surface area contributed by atoms with Gasteiger partial charge >= 0.3 is 0 Å². The molecule has 1 aliphatic carbocycles. The SMILES string of the molecule is CCCN1CCN(c2cc(OC)ccc2C2=CC(C)(C)CC(C)(C)C2)CC1. The summed E-state index contributed by atoms with van der Waals surface area (Å²) in [6, 6.07) is 6.66. The quantitative estimate of drug-likeness (QED) is 0.685. The Morgan fingerprint density at radius 1 is 1.04 bits per heavy atom. The highest BCUT2D eigenvalue weighted by Gasteiger charge is 2.34. The molecule has 3 heteroatoms. The first-order valence-corrected chi connectivity index (χ1v) is 10.6. The lowest BCUT2D eigenvalue weighted by molar-refractivity contribution is 0.228. The Bertz CT molecular complexity index is 682. The van der Waals surface area contributed by atoms with Gasteiger partial charge < -0.3 is 9.64 Å². The Morgan fingerprint density at radius 2 is 1.74 bits per heavy atom. The molecule has 1 fully saturated rings. The molecule has 0 aromatic heterocycles. The lowest BCUT2D eigenvalue weighted by Gasteiger charge is -2.41. The van der Waals surface area contributed by atoms with Crippen LogP contribution in [0.5, 0.6) is 5.75 Å². The van der Waals surface area contributed by atoms with Crippen molar-refractivity contribution in [3.05, 3.63) is 29.8 Å². The predicted molar refractivity (Wildman–Crippen MR) is 117 cm³/mol. The first-order valence-electron chi connectivity index (χ1n) is 10.6. The van der Waals surface area contributed by atoms with Crippen LogP contribution in [0.1, 0.15) is 59.4 Å². The van der Waals surface area contributed by atoms with Crippen LogP contribution in [0.25, 0.3) is 5.57 Å². The van der Waals surface area contributed by atoms with E-state index >= 15 is 0 Å². The maximum atomic E-state index is 5.57. The van der Waals surface area contributed by atoms with Gasteiger partial charge in [-0.05, 0) is 54.3 Å². The van der Waals surface area contributed by atoms with Crippen molar-refractivity contribution < 1.29 is 4.74 Å². The van der Waals surface area contributed by atoms with E-state index in [2.05, 4.69) is 68.7 Å². The molecule has 0 unspecified atom stereocenters. The van der Waals surface area contributed by atoms with Crippen LogP contribution >= 0.6 is 0 Å². The van der Waals surface area contributed by atoms with Gasteiger partial charge in [0.05, 0.1) is 7.11 Å². The topological polar surface area (TPSA) is 15.7 Å². The van der Waals surface area contributed by atoms with Gasteiger partial charge in [0.25, 0.3) is 0 Å². The van der Waals surface area contributed by atoms with E-state index in [9.17, 15) is 0 Å². The second-order valence-corrected chi connectivity index (χ2v) is 9.89. The zero-order valence-electron chi connectivity index (χ0n) is 18.3. The molecule has 0 amide bonds. The Labute approximate surface area is 166 Å². The van der Waals surface area contributed by atoms with Gasteiger partial charge in [0.15, 0.2) is 0 Å². The molecule has 0 radical (unpaired) electrons. The van der Waals surface area contributed by atoms with E-state index < -0.39 is 0 Å². The normalized spacial score (nSPS) is 22.4. The molecule has 0 spiro atoms. The van der Waals surface area contributed by atoms with E-state index in [1.165, 1.54) is 36.2 Å². The third kappa shape index (κ3) is 4.87. The first kappa shape index (κ1) is 20.3. The summed E-state index contributed by atoms with van der Waals surface area (Å²) >= 11 is 0. The van der Waals surface area contributed by atoms with Crippen LogP contribution in [-0.2, 0) is 0 Å². The fourth-order valence-corrected chi connectivity index (χ4v) is 5.26. The molecule has 3 nitrogen and oxygen atoms in total. The Kier molecular flexibility index (Phi) is 5.90. The van der Waals surface area contributed by atoms with Crippen LogP contribution in [0.3, 0.4) is 0 Å². The maximum Gasteiger partial charge on any atom is 0.120 e. The molecule has 27 heavy (non-hydrogen) atoms. The summed E-state index contributed by atoms with van der Waals surface area (Å²) in [5.41, 5.74) is 4.84. The van der Waals surface area contributed by atoms with E-state index in [1.54, 1.807) is 7.11 Å². The number of ether oxygens (including phenoxy) is 1. The summed E-state index contributed by atoms with van der Waals surface area (Å²) in [7, 11) is 1.77. The Hall–Kier alpha value is -1.48. The lowest BCUT2D eigenvalue weighted by Crippen LogP contribution is -2.46. The number of nitrogens with zero attached hydrogens (tertiary/aromatic N) is 2. The van der Waals surface area contributed by atoms with E-state index in [0.29, 0.717) is 5.41 Å². The van der Waals surface area contributed by atoms with Gasteiger partial charge in [-0.3, -0.25) is 4.90 Å². The zero-order valence-corrected chi connectivity index (χ0v) is 18.3. The molecule has 0 N–H and O–H groups in total. The lowest BCUT2D eigenvalue weighted by atomic mass is 9.65. The van der Waals surface area contributed by atoms with E-state index in [-0.39, 0.29) is 5.41 Å². The highest BCUT2D eigenvalue weighted by molar-refractivity contribution is 5.79.